The van der Waals surface area contributed by atoms with Gasteiger partial charge in [-0.2, -0.15) is 10.2 Å². The second kappa shape index (κ2) is 5.41. The van der Waals surface area contributed by atoms with Crippen LogP contribution >= 0.6 is 12.2 Å². The molecule has 0 spiro atoms. The Kier molecular flexibility index (Phi) is 3.44. The zero-order valence-electron chi connectivity index (χ0n) is 11.5. The number of H-pyrrole nitrogens is 2. The topological polar surface area (TPSA) is 80.8 Å². The first kappa shape index (κ1) is 13.4. The molecule has 0 bridgehead atoms. The smallest absolute Gasteiger partial charge is 0.200 e. The van der Waals surface area contributed by atoms with Crippen molar-refractivity contribution in [3.05, 3.63) is 35.2 Å². The van der Waals surface area contributed by atoms with E-state index in [1.54, 1.807) is 25.0 Å². The molecule has 1 aromatic carbocycles. The molecule has 21 heavy (non-hydrogen) atoms. The molecule has 0 saturated carbocycles. The summed E-state index contributed by atoms with van der Waals surface area (Å²) in [6.45, 7) is 0. The molecule has 0 amide bonds. The number of hydrogen-bond donors (Lipinski definition) is 2. The monoisotopic (exact) mass is 303 g/mol. The van der Waals surface area contributed by atoms with Gasteiger partial charge < -0.3 is 9.47 Å². The van der Waals surface area contributed by atoms with Crippen LogP contribution < -0.4 is 9.47 Å². The Morgan fingerprint density at radius 2 is 2.00 bits per heavy atom. The standard InChI is InChI=1S/C13H13N5O2S/c1-19-8-3-4-11(20-2)10(7-8)18-12(16-17-13(18)21)9-5-6-14-15-9/h3-7H,1-2H3,(H,14,15)(H,17,21). The summed E-state index contributed by atoms with van der Waals surface area (Å²) in [4.78, 5) is 0. The van der Waals surface area contributed by atoms with Crippen LogP contribution in [0.4, 0.5) is 0 Å². The lowest BCUT2D eigenvalue weighted by Crippen LogP contribution is -2.01. The van der Waals surface area contributed by atoms with Gasteiger partial charge in [-0.1, -0.05) is 0 Å². The maximum atomic E-state index is 5.41. The highest BCUT2D eigenvalue weighted by Crippen LogP contribution is 2.30. The number of nitrogens with zero attached hydrogens (tertiary/aromatic N) is 3. The first-order valence-electron chi connectivity index (χ1n) is 6.14. The molecule has 2 heterocycles. The lowest BCUT2D eigenvalue weighted by molar-refractivity contribution is 0.401. The number of hydrogen-bond acceptors (Lipinski definition) is 5. The highest BCUT2D eigenvalue weighted by Gasteiger charge is 2.16. The highest BCUT2D eigenvalue weighted by atomic mass is 32.1. The van der Waals surface area contributed by atoms with Crippen LogP contribution in [0.1, 0.15) is 0 Å². The van der Waals surface area contributed by atoms with Gasteiger partial charge in [0.2, 0.25) is 0 Å². The van der Waals surface area contributed by atoms with E-state index in [4.69, 9.17) is 21.7 Å². The lowest BCUT2D eigenvalue weighted by atomic mass is 10.2. The van der Waals surface area contributed by atoms with E-state index in [0.29, 0.717) is 22.1 Å². The summed E-state index contributed by atoms with van der Waals surface area (Å²) >= 11 is 5.33. The predicted octanol–water partition coefficient (Wildman–Crippen LogP) is 2.34. The first-order chi connectivity index (χ1) is 10.2. The summed E-state index contributed by atoms with van der Waals surface area (Å²) in [5.41, 5.74) is 1.48. The van der Waals surface area contributed by atoms with Gasteiger partial charge >= 0.3 is 0 Å². The van der Waals surface area contributed by atoms with Crippen LogP contribution in [-0.2, 0) is 0 Å². The largest absolute Gasteiger partial charge is 0.497 e. The van der Waals surface area contributed by atoms with E-state index in [-0.39, 0.29) is 0 Å². The molecule has 2 aromatic heterocycles. The lowest BCUT2D eigenvalue weighted by Gasteiger charge is -2.12. The summed E-state index contributed by atoms with van der Waals surface area (Å²) in [5.74, 6) is 1.97. The molecule has 108 valence electrons. The zero-order chi connectivity index (χ0) is 14.8. The molecule has 3 rings (SSSR count). The molecule has 0 radical (unpaired) electrons. The number of nitrogens with one attached hydrogen (secondary N) is 2. The van der Waals surface area contributed by atoms with E-state index < -0.39 is 0 Å². The Morgan fingerprint density at radius 3 is 2.67 bits per heavy atom. The van der Waals surface area contributed by atoms with Crippen molar-refractivity contribution in [1.82, 2.24) is 25.0 Å². The number of benzene rings is 1. The quantitative estimate of drug-likeness (QED) is 0.723. The Hall–Kier alpha value is -2.61. The van der Waals surface area contributed by atoms with Crippen molar-refractivity contribution in [3.63, 3.8) is 0 Å². The molecule has 0 aliphatic rings. The normalized spacial score (nSPS) is 10.6. The Balaban J connectivity index is 2.26. The molecule has 0 aliphatic carbocycles. The van der Waals surface area contributed by atoms with E-state index in [1.807, 2.05) is 24.3 Å². The summed E-state index contributed by atoms with van der Waals surface area (Å²) in [6.07, 6.45) is 1.65. The maximum absolute atomic E-state index is 5.41. The van der Waals surface area contributed by atoms with Crippen molar-refractivity contribution in [2.75, 3.05) is 14.2 Å². The fourth-order valence-corrected chi connectivity index (χ4v) is 2.28. The van der Waals surface area contributed by atoms with E-state index in [2.05, 4.69) is 20.4 Å². The first-order valence-corrected chi connectivity index (χ1v) is 6.55. The van der Waals surface area contributed by atoms with Crippen molar-refractivity contribution in [2.45, 2.75) is 0 Å². The van der Waals surface area contributed by atoms with Crippen molar-refractivity contribution in [3.8, 4) is 28.7 Å². The fraction of sp³-hybridized carbons (Fsp3) is 0.154. The average Bonchev–Trinajstić information content (AvgIpc) is 3.15. The molecule has 0 aliphatic heterocycles. The van der Waals surface area contributed by atoms with Gasteiger partial charge in [-0.15, -0.1) is 0 Å². The van der Waals surface area contributed by atoms with Gasteiger partial charge in [0.25, 0.3) is 0 Å². The van der Waals surface area contributed by atoms with E-state index >= 15 is 0 Å². The molecule has 0 saturated heterocycles. The third kappa shape index (κ3) is 2.29. The molecular weight excluding hydrogens is 290 g/mol. The van der Waals surface area contributed by atoms with Gasteiger partial charge in [0.1, 0.15) is 17.2 Å². The maximum Gasteiger partial charge on any atom is 0.200 e. The van der Waals surface area contributed by atoms with Crippen LogP contribution in [0, 0.1) is 4.77 Å². The number of ether oxygens (including phenoxy) is 2. The SMILES string of the molecule is COc1ccc(OC)c(-n2c(-c3ccn[nH]3)n[nH]c2=S)c1. The third-order valence-electron chi connectivity index (χ3n) is 3.04. The Morgan fingerprint density at radius 1 is 1.14 bits per heavy atom. The van der Waals surface area contributed by atoms with Crippen molar-refractivity contribution < 1.29 is 9.47 Å². The molecule has 8 heteroatoms. The van der Waals surface area contributed by atoms with E-state index in [1.165, 1.54) is 0 Å². The number of aromatic nitrogens is 5. The second-order valence-corrected chi connectivity index (χ2v) is 4.58. The van der Waals surface area contributed by atoms with Gasteiger partial charge in [-0.25, -0.2) is 0 Å². The van der Waals surface area contributed by atoms with Gasteiger partial charge in [-0.05, 0) is 30.4 Å². The molecule has 0 atom stereocenters. The number of rotatable bonds is 4. The second-order valence-electron chi connectivity index (χ2n) is 4.20. The zero-order valence-corrected chi connectivity index (χ0v) is 12.3. The number of aromatic amines is 2. The van der Waals surface area contributed by atoms with Gasteiger partial charge in [0.05, 0.1) is 19.9 Å². The number of methoxy groups -OCH3 is 2. The van der Waals surface area contributed by atoms with Crippen LogP contribution in [0.25, 0.3) is 17.2 Å². The van der Waals surface area contributed by atoms with E-state index in [9.17, 15) is 0 Å². The average molecular weight is 303 g/mol. The van der Waals surface area contributed by atoms with Crippen LogP contribution in [0.5, 0.6) is 11.5 Å². The summed E-state index contributed by atoms with van der Waals surface area (Å²) < 4.78 is 12.9. The summed E-state index contributed by atoms with van der Waals surface area (Å²) in [5, 5.41) is 13.8. The predicted molar refractivity (Wildman–Crippen MR) is 79.4 cm³/mol. The summed E-state index contributed by atoms with van der Waals surface area (Å²) in [7, 11) is 3.21. The molecule has 0 fully saturated rings. The highest BCUT2D eigenvalue weighted by molar-refractivity contribution is 7.71. The molecular formula is C13H13N5O2S. The van der Waals surface area contributed by atoms with Crippen LogP contribution in [-0.4, -0.2) is 39.2 Å². The van der Waals surface area contributed by atoms with Crippen LogP contribution in [0.15, 0.2) is 30.5 Å². The van der Waals surface area contributed by atoms with E-state index in [0.717, 1.165) is 11.4 Å². The summed E-state index contributed by atoms with van der Waals surface area (Å²) in [6, 6.07) is 7.29. The minimum atomic E-state index is 0.450. The van der Waals surface area contributed by atoms with Crippen LogP contribution in [0.3, 0.4) is 0 Å². The molecule has 0 unspecified atom stereocenters. The van der Waals surface area contributed by atoms with Gasteiger partial charge in [0.15, 0.2) is 10.6 Å². The minimum absolute atomic E-state index is 0.450. The van der Waals surface area contributed by atoms with Crippen molar-refractivity contribution in [2.24, 2.45) is 0 Å². The molecule has 3 aromatic rings. The Bertz CT molecular complexity index is 806. The van der Waals surface area contributed by atoms with Gasteiger partial charge in [-0.3, -0.25) is 14.8 Å². The Labute approximate surface area is 125 Å². The van der Waals surface area contributed by atoms with Crippen LogP contribution in [0.2, 0.25) is 0 Å². The fourth-order valence-electron chi connectivity index (χ4n) is 2.05. The van der Waals surface area contributed by atoms with Gasteiger partial charge in [0, 0.05) is 12.3 Å². The third-order valence-corrected chi connectivity index (χ3v) is 3.31. The molecule has 2 N–H and O–H groups in total. The van der Waals surface area contributed by atoms with Crippen molar-refractivity contribution >= 4 is 12.2 Å². The van der Waals surface area contributed by atoms with Crippen molar-refractivity contribution in [1.29, 1.82) is 0 Å². The minimum Gasteiger partial charge on any atom is -0.497 e. The molecule has 7 nitrogen and oxygen atoms in total.